The number of imide groups is 1. The van der Waals surface area contributed by atoms with E-state index in [1.807, 2.05) is 73.8 Å². The van der Waals surface area contributed by atoms with Crippen LogP contribution in [-0.4, -0.2) is 18.9 Å². The smallest absolute Gasteiger partial charge is 0.283 e. The number of anilines is 2. The Balaban J connectivity index is 1.77. The van der Waals surface area contributed by atoms with Crippen LogP contribution in [0.1, 0.15) is 12.5 Å². The molecule has 156 valence electrons. The third-order valence-corrected chi connectivity index (χ3v) is 6.47. The predicted octanol–water partition coefficient (Wildman–Crippen LogP) is 5.92. The minimum atomic E-state index is -0.336. The molecule has 0 N–H and O–H groups in total. The second kappa shape index (κ2) is 9.00. The number of halogens is 1. The van der Waals surface area contributed by atoms with E-state index in [2.05, 4.69) is 6.92 Å². The normalized spacial score (nSPS) is 13.8. The van der Waals surface area contributed by atoms with Crippen molar-refractivity contribution in [3.63, 3.8) is 0 Å². The Morgan fingerprint density at radius 2 is 1.52 bits per heavy atom. The van der Waals surface area contributed by atoms with Gasteiger partial charge in [0, 0.05) is 22.7 Å². The summed E-state index contributed by atoms with van der Waals surface area (Å²) in [4.78, 5) is 31.2. The summed E-state index contributed by atoms with van der Waals surface area (Å²) in [5.41, 5.74) is 2.90. The van der Waals surface area contributed by atoms with Crippen LogP contribution in [-0.2, 0) is 16.0 Å². The fourth-order valence-electron chi connectivity index (χ4n) is 3.40. The topological polar surface area (TPSA) is 40.6 Å². The Morgan fingerprint density at radius 1 is 0.871 bits per heavy atom. The van der Waals surface area contributed by atoms with Gasteiger partial charge in [0.05, 0.1) is 5.69 Å². The average molecular weight is 449 g/mol. The number of para-hydroxylation sites is 1. The molecule has 0 spiro atoms. The van der Waals surface area contributed by atoms with Crippen LogP contribution in [0.2, 0.25) is 5.02 Å². The summed E-state index contributed by atoms with van der Waals surface area (Å²) in [7, 11) is 1.81. The van der Waals surface area contributed by atoms with Gasteiger partial charge < -0.3 is 4.90 Å². The number of benzene rings is 3. The maximum Gasteiger partial charge on any atom is 0.283 e. The van der Waals surface area contributed by atoms with Crippen molar-refractivity contribution >= 4 is 46.6 Å². The highest BCUT2D eigenvalue weighted by atomic mass is 35.5. The van der Waals surface area contributed by atoms with Gasteiger partial charge in [0.2, 0.25) is 0 Å². The molecule has 0 saturated carbocycles. The molecule has 4 rings (SSSR count). The number of rotatable bonds is 6. The van der Waals surface area contributed by atoms with E-state index in [0.717, 1.165) is 22.6 Å². The molecule has 31 heavy (non-hydrogen) atoms. The van der Waals surface area contributed by atoms with Crippen molar-refractivity contribution in [1.29, 1.82) is 0 Å². The van der Waals surface area contributed by atoms with Gasteiger partial charge in [-0.05, 0) is 60.5 Å². The zero-order chi connectivity index (χ0) is 22.0. The van der Waals surface area contributed by atoms with E-state index in [1.165, 1.54) is 16.7 Å². The molecule has 2 amide bonds. The number of aryl methyl sites for hydroxylation is 1. The van der Waals surface area contributed by atoms with E-state index in [1.54, 1.807) is 17.0 Å². The highest BCUT2D eigenvalue weighted by Gasteiger charge is 2.42. The number of thioether (sulfide) groups is 1. The summed E-state index contributed by atoms with van der Waals surface area (Å²) in [5.74, 6) is -0.663. The molecule has 3 aromatic rings. The highest BCUT2D eigenvalue weighted by Crippen LogP contribution is 2.39. The van der Waals surface area contributed by atoms with Crippen molar-refractivity contribution < 1.29 is 9.59 Å². The molecule has 0 bridgehead atoms. The molecule has 1 aliphatic heterocycles. The molecule has 0 unspecified atom stereocenters. The molecular weight excluding hydrogens is 428 g/mol. The van der Waals surface area contributed by atoms with Gasteiger partial charge in [0.1, 0.15) is 10.6 Å². The van der Waals surface area contributed by atoms with Crippen LogP contribution < -0.4 is 9.80 Å². The number of carbonyl (C=O) groups is 2. The Hall–Kier alpha value is -3.02. The minimum absolute atomic E-state index is 0.327. The van der Waals surface area contributed by atoms with Gasteiger partial charge in [0.15, 0.2) is 0 Å². The van der Waals surface area contributed by atoms with Crippen molar-refractivity contribution in [2.45, 2.75) is 18.2 Å². The fraction of sp³-hybridized carbons (Fsp3) is 0.120. The summed E-state index contributed by atoms with van der Waals surface area (Å²) >= 11 is 7.28. The molecule has 0 atom stereocenters. The zero-order valence-corrected chi connectivity index (χ0v) is 18.8. The number of hydrogen-bond acceptors (Lipinski definition) is 4. The van der Waals surface area contributed by atoms with Gasteiger partial charge in [-0.15, -0.1) is 0 Å². The third kappa shape index (κ3) is 4.24. The van der Waals surface area contributed by atoms with Crippen molar-refractivity contribution in [2.75, 3.05) is 16.8 Å². The molecule has 0 aromatic heterocycles. The summed E-state index contributed by atoms with van der Waals surface area (Å²) in [6.45, 7) is 2.07. The molecule has 0 saturated heterocycles. The number of amides is 2. The summed E-state index contributed by atoms with van der Waals surface area (Å²) in [5, 5.41) is 0.617. The van der Waals surface area contributed by atoms with E-state index >= 15 is 0 Å². The van der Waals surface area contributed by atoms with Crippen molar-refractivity contribution in [3.05, 3.63) is 100 Å². The maximum atomic E-state index is 13.5. The van der Waals surface area contributed by atoms with E-state index < -0.39 is 0 Å². The lowest BCUT2D eigenvalue weighted by atomic mass is 10.1. The van der Waals surface area contributed by atoms with E-state index in [9.17, 15) is 9.59 Å². The molecule has 1 aliphatic rings. The van der Waals surface area contributed by atoms with Crippen LogP contribution in [0.5, 0.6) is 0 Å². The first-order chi connectivity index (χ1) is 15.0. The first-order valence-corrected chi connectivity index (χ1v) is 11.1. The van der Waals surface area contributed by atoms with Gasteiger partial charge in [-0.1, -0.05) is 60.6 Å². The van der Waals surface area contributed by atoms with Crippen molar-refractivity contribution in [1.82, 2.24) is 0 Å². The van der Waals surface area contributed by atoms with Gasteiger partial charge in [-0.3, -0.25) is 9.59 Å². The van der Waals surface area contributed by atoms with Gasteiger partial charge >= 0.3 is 0 Å². The zero-order valence-electron chi connectivity index (χ0n) is 17.2. The van der Waals surface area contributed by atoms with Crippen LogP contribution in [0.3, 0.4) is 0 Å². The largest absolute Gasteiger partial charge is 0.339 e. The number of likely N-dealkylation sites (N-methyl/N-ethyl adjacent to an activating group) is 1. The lowest BCUT2D eigenvalue weighted by Gasteiger charge is -2.21. The Bertz CT molecular complexity index is 1140. The lowest BCUT2D eigenvalue weighted by molar-refractivity contribution is -0.120. The molecule has 4 nitrogen and oxygen atoms in total. The van der Waals surface area contributed by atoms with Crippen LogP contribution in [0.15, 0.2) is 94.4 Å². The predicted molar refractivity (Wildman–Crippen MR) is 127 cm³/mol. The molecule has 0 radical (unpaired) electrons. The summed E-state index contributed by atoms with van der Waals surface area (Å²) in [6, 6.07) is 24.3. The summed E-state index contributed by atoms with van der Waals surface area (Å²) < 4.78 is 0. The van der Waals surface area contributed by atoms with E-state index in [4.69, 9.17) is 11.6 Å². The highest BCUT2D eigenvalue weighted by molar-refractivity contribution is 8.04. The molecule has 0 aliphatic carbocycles. The fourth-order valence-corrected chi connectivity index (χ4v) is 4.54. The number of nitrogens with zero attached hydrogens (tertiary/aromatic N) is 2. The molecule has 0 fully saturated rings. The summed E-state index contributed by atoms with van der Waals surface area (Å²) in [6.07, 6.45) is 0.889. The Kier molecular flexibility index (Phi) is 6.16. The Morgan fingerprint density at radius 3 is 2.13 bits per heavy atom. The third-order valence-electron chi connectivity index (χ3n) is 5.13. The first kappa shape index (κ1) is 21.2. The standard InChI is InChI=1S/C25H21ClN2O2S/c1-3-17-9-13-20(14-10-17)28-24(29)22(27(2)19-7-5-4-6-8-19)23(25(28)30)31-21-15-11-18(26)12-16-21/h4-16H,3H2,1-2H3. The molecule has 6 heteroatoms. The first-order valence-electron chi connectivity index (χ1n) is 9.93. The quantitative estimate of drug-likeness (QED) is 0.439. The Labute approximate surface area is 191 Å². The monoisotopic (exact) mass is 448 g/mol. The number of carbonyl (C=O) groups excluding carboxylic acids is 2. The van der Waals surface area contributed by atoms with Gasteiger partial charge in [-0.2, -0.15) is 0 Å². The molecule has 3 aromatic carbocycles. The second-order valence-electron chi connectivity index (χ2n) is 7.09. The van der Waals surface area contributed by atoms with Crippen molar-refractivity contribution in [3.8, 4) is 0 Å². The minimum Gasteiger partial charge on any atom is -0.339 e. The van der Waals surface area contributed by atoms with E-state index in [-0.39, 0.29) is 11.8 Å². The maximum absolute atomic E-state index is 13.5. The van der Waals surface area contributed by atoms with Gasteiger partial charge in [-0.25, -0.2) is 4.90 Å². The van der Waals surface area contributed by atoms with Crippen LogP contribution >= 0.6 is 23.4 Å². The average Bonchev–Trinajstić information content (AvgIpc) is 3.04. The van der Waals surface area contributed by atoms with Crippen LogP contribution in [0, 0.1) is 0 Å². The lowest BCUT2D eigenvalue weighted by Crippen LogP contribution is -2.34. The molecular formula is C25H21ClN2O2S. The van der Waals surface area contributed by atoms with Crippen LogP contribution in [0.25, 0.3) is 0 Å². The second-order valence-corrected chi connectivity index (χ2v) is 8.61. The van der Waals surface area contributed by atoms with Crippen molar-refractivity contribution in [2.24, 2.45) is 0 Å². The SMILES string of the molecule is CCc1ccc(N2C(=O)C(Sc3ccc(Cl)cc3)=C(N(C)c3ccccc3)C2=O)cc1. The number of hydrogen-bond donors (Lipinski definition) is 0. The van der Waals surface area contributed by atoms with Crippen LogP contribution in [0.4, 0.5) is 11.4 Å². The van der Waals surface area contributed by atoms with Gasteiger partial charge in [0.25, 0.3) is 11.8 Å². The molecule has 1 heterocycles. The van der Waals surface area contributed by atoms with E-state index in [0.29, 0.717) is 21.3 Å².